The molecule has 0 spiro atoms. The van der Waals surface area contributed by atoms with Gasteiger partial charge in [0.25, 0.3) is 0 Å². The van der Waals surface area contributed by atoms with Crippen molar-refractivity contribution in [2.24, 2.45) is 0 Å². The van der Waals surface area contributed by atoms with Crippen molar-refractivity contribution in [3.8, 4) is 0 Å². The van der Waals surface area contributed by atoms with E-state index in [1.165, 1.54) is 0 Å². The molecule has 0 unspecified atom stereocenters. The minimum atomic E-state index is -4.20. The van der Waals surface area contributed by atoms with Gasteiger partial charge in [-0.25, -0.2) is 4.98 Å². The molecule has 1 aromatic heterocycles. The minimum absolute atomic E-state index is 0.326. The van der Waals surface area contributed by atoms with Crippen LogP contribution in [-0.2, 0) is 0 Å². The summed E-state index contributed by atoms with van der Waals surface area (Å²) in [6.45, 7) is 0.744. The van der Waals surface area contributed by atoms with Gasteiger partial charge < -0.3 is 9.88 Å². The Morgan fingerprint density at radius 1 is 1.53 bits per heavy atom. The molecule has 0 bridgehead atoms. The number of rotatable bonds is 3. The summed E-state index contributed by atoms with van der Waals surface area (Å²) < 4.78 is 37.8. The lowest BCUT2D eigenvalue weighted by molar-refractivity contribution is -0.115. The Kier molecular flexibility index (Phi) is 2.36. The molecular weight excluding hydrogens is 207 g/mol. The zero-order chi connectivity index (χ0) is 11.1. The molecule has 0 amide bonds. The van der Waals surface area contributed by atoms with E-state index in [4.69, 9.17) is 0 Å². The average molecular weight is 219 g/mol. The first-order valence-electron chi connectivity index (χ1n) is 4.82. The normalized spacial score (nSPS) is 16.8. The second-order valence-corrected chi connectivity index (χ2v) is 3.81. The van der Waals surface area contributed by atoms with Crippen molar-refractivity contribution in [1.29, 1.82) is 0 Å². The summed E-state index contributed by atoms with van der Waals surface area (Å²) in [6.07, 6.45) is -0.363. The number of alkyl halides is 3. The predicted octanol–water partition coefficient (Wildman–Crippen LogP) is 2.50. The first-order chi connectivity index (χ1) is 6.96. The van der Waals surface area contributed by atoms with Crippen LogP contribution in [0.3, 0.4) is 0 Å². The highest BCUT2D eigenvalue weighted by atomic mass is 19.4. The van der Waals surface area contributed by atoms with E-state index in [-0.39, 0.29) is 0 Å². The van der Waals surface area contributed by atoms with Crippen LogP contribution in [0.1, 0.15) is 24.6 Å². The summed E-state index contributed by atoms with van der Waals surface area (Å²) in [6, 6.07) is 0.335. The summed E-state index contributed by atoms with van der Waals surface area (Å²) >= 11 is 0. The van der Waals surface area contributed by atoms with Crippen LogP contribution in [0, 0.1) is 6.92 Å². The maximum atomic E-state index is 12.0. The highest BCUT2D eigenvalue weighted by Crippen LogP contribution is 2.37. The molecule has 1 aliphatic rings. The van der Waals surface area contributed by atoms with Crippen molar-refractivity contribution < 1.29 is 13.2 Å². The lowest BCUT2D eigenvalue weighted by Gasteiger charge is -2.10. The summed E-state index contributed by atoms with van der Waals surface area (Å²) in [5.41, 5.74) is 0.742. The molecular formula is C9H12F3N3. The van der Waals surface area contributed by atoms with Gasteiger partial charge in [-0.15, -0.1) is 0 Å². The van der Waals surface area contributed by atoms with Crippen LogP contribution in [0.4, 0.5) is 19.1 Å². The molecule has 1 aliphatic carbocycles. The SMILES string of the molecule is Cc1cn(C2CC2)c(NCC(F)(F)F)n1. The first-order valence-corrected chi connectivity index (χ1v) is 4.82. The maximum absolute atomic E-state index is 12.0. The standard InChI is InChI=1S/C9H12F3N3/c1-6-4-15(7-2-3-7)8(14-6)13-5-9(10,11)12/h4,7H,2-3,5H2,1H3,(H,13,14). The van der Waals surface area contributed by atoms with E-state index in [2.05, 4.69) is 10.3 Å². The van der Waals surface area contributed by atoms with Crippen molar-refractivity contribution in [3.05, 3.63) is 11.9 Å². The molecule has 1 heterocycles. The number of halogens is 3. The second kappa shape index (κ2) is 3.43. The highest BCUT2D eigenvalue weighted by Gasteiger charge is 2.30. The van der Waals surface area contributed by atoms with Crippen molar-refractivity contribution in [2.45, 2.75) is 32.0 Å². The van der Waals surface area contributed by atoms with Gasteiger partial charge >= 0.3 is 6.18 Å². The van der Waals surface area contributed by atoms with Gasteiger partial charge in [0.1, 0.15) is 6.54 Å². The molecule has 0 radical (unpaired) electrons. The van der Waals surface area contributed by atoms with Gasteiger partial charge in [0.05, 0.1) is 5.69 Å². The smallest absolute Gasteiger partial charge is 0.347 e. The highest BCUT2D eigenvalue weighted by molar-refractivity contribution is 5.30. The van der Waals surface area contributed by atoms with Crippen LogP contribution in [0.15, 0.2) is 6.20 Å². The molecule has 1 N–H and O–H groups in total. The Hall–Kier alpha value is -1.20. The van der Waals surface area contributed by atoms with Crippen LogP contribution in [-0.4, -0.2) is 22.3 Å². The third-order valence-corrected chi connectivity index (χ3v) is 2.24. The number of aryl methyl sites for hydroxylation is 1. The maximum Gasteiger partial charge on any atom is 0.405 e. The molecule has 3 nitrogen and oxygen atoms in total. The van der Waals surface area contributed by atoms with E-state index in [9.17, 15) is 13.2 Å². The summed E-state index contributed by atoms with van der Waals surface area (Å²) in [4.78, 5) is 4.03. The molecule has 2 rings (SSSR count). The van der Waals surface area contributed by atoms with E-state index < -0.39 is 12.7 Å². The monoisotopic (exact) mass is 219 g/mol. The minimum Gasteiger partial charge on any atom is -0.347 e. The van der Waals surface area contributed by atoms with Crippen molar-refractivity contribution in [1.82, 2.24) is 9.55 Å². The van der Waals surface area contributed by atoms with E-state index in [0.29, 0.717) is 12.0 Å². The third kappa shape index (κ3) is 2.64. The van der Waals surface area contributed by atoms with Gasteiger partial charge in [0.2, 0.25) is 5.95 Å². The van der Waals surface area contributed by atoms with Gasteiger partial charge in [0.15, 0.2) is 0 Å². The Morgan fingerprint density at radius 3 is 2.73 bits per heavy atom. The number of nitrogens with zero attached hydrogens (tertiary/aromatic N) is 2. The average Bonchev–Trinajstić information content (AvgIpc) is 2.86. The van der Waals surface area contributed by atoms with Crippen LogP contribution in [0.25, 0.3) is 0 Å². The zero-order valence-corrected chi connectivity index (χ0v) is 8.30. The number of aromatic nitrogens is 2. The fraction of sp³-hybridized carbons (Fsp3) is 0.667. The Balaban J connectivity index is 2.06. The quantitative estimate of drug-likeness (QED) is 0.846. The van der Waals surface area contributed by atoms with Gasteiger partial charge in [-0.2, -0.15) is 13.2 Å². The number of anilines is 1. The van der Waals surface area contributed by atoms with Crippen molar-refractivity contribution in [2.75, 3.05) is 11.9 Å². The van der Waals surface area contributed by atoms with E-state index in [1.807, 2.05) is 0 Å². The number of nitrogens with one attached hydrogen (secondary N) is 1. The molecule has 15 heavy (non-hydrogen) atoms. The van der Waals surface area contributed by atoms with Gasteiger partial charge in [-0.3, -0.25) is 0 Å². The van der Waals surface area contributed by atoms with Crippen molar-refractivity contribution >= 4 is 5.95 Å². The van der Waals surface area contributed by atoms with Crippen LogP contribution < -0.4 is 5.32 Å². The Labute approximate surface area is 85.3 Å². The molecule has 6 heteroatoms. The van der Waals surface area contributed by atoms with Gasteiger partial charge in [-0.05, 0) is 19.8 Å². The largest absolute Gasteiger partial charge is 0.405 e. The zero-order valence-electron chi connectivity index (χ0n) is 8.30. The first kappa shape index (κ1) is 10.3. The number of hydrogen-bond acceptors (Lipinski definition) is 2. The molecule has 1 fully saturated rings. The summed E-state index contributed by atoms with van der Waals surface area (Å²) in [5.74, 6) is 0.326. The summed E-state index contributed by atoms with van der Waals surface area (Å²) in [5, 5.41) is 2.32. The fourth-order valence-electron chi connectivity index (χ4n) is 1.46. The van der Waals surface area contributed by atoms with Crippen LogP contribution in [0.2, 0.25) is 0 Å². The molecule has 84 valence electrons. The lowest BCUT2D eigenvalue weighted by atomic mass is 10.5. The lowest BCUT2D eigenvalue weighted by Crippen LogP contribution is -2.23. The Bertz CT molecular complexity index is 352. The topological polar surface area (TPSA) is 29.9 Å². The van der Waals surface area contributed by atoms with Gasteiger partial charge in [0, 0.05) is 12.2 Å². The van der Waals surface area contributed by atoms with Crippen molar-refractivity contribution in [3.63, 3.8) is 0 Å². The van der Waals surface area contributed by atoms with E-state index in [1.54, 1.807) is 17.7 Å². The van der Waals surface area contributed by atoms with Gasteiger partial charge in [-0.1, -0.05) is 0 Å². The third-order valence-electron chi connectivity index (χ3n) is 2.24. The molecule has 0 aliphatic heterocycles. The van der Waals surface area contributed by atoms with Crippen LogP contribution in [0.5, 0.6) is 0 Å². The van der Waals surface area contributed by atoms with E-state index >= 15 is 0 Å². The van der Waals surface area contributed by atoms with Crippen LogP contribution >= 0.6 is 0 Å². The number of hydrogen-bond donors (Lipinski definition) is 1. The molecule has 1 aromatic rings. The molecule has 0 saturated heterocycles. The molecule has 0 atom stereocenters. The fourth-order valence-corrected chi connectivity index (χ4v) is 1.46. The summed E-state index contributed by atoms with van der Waals surface area (Å²) in [7, 11) is 0. The second-order valence-electron chi connectivity index (χ2n) is 3.81. The number of imidazole rings is 1. The predicted molar refractivity (Wildman–Crippen MR) is 49.8 cm³/mol. The molecule has 0 aromatic carbocycles. The molecule has 1 saturated carbocycles. The Morgan fingerprint density at radius 2 is 2.20 bits per heavy atom. The van der Waals surface area contributed by atoms with E-state index in [0.717, 1.165) is 18.5 Å².